The van der Waals surface area contributed by atoms with Gasteiger partial charge in [-0.15, -0.1) is 0 Å². The highest BCUT2D eigenvalue weighted by Gasteiger charge is 2.02. The van der Waals surface area contributed by atoms with Crippen molar-refractivity contribution < 1.29 is 9.53 Å². The maximum atomic E-state index is 10.5. The molecule has 0 aliphatic carbocycles. The molecular formula is C17H26O2. The van der Waals surface area contributed by atoms with Crippen molar-refractivity contribution in [3.63, 3.8) is 0 Å². The van der Waals surface area contributed by atoms with Crippen molar-refractivity contribution in [2.24, 2.45) is 5.92 Å². The van der Waals surface area contributed by atoms with E-state index in [4.69, 9.17) is 4.74 Å². The lowest BCUT2D eigenvalue weighted by Crippen LogP contribution is -2.02. The largest absolute Gasteiger partial charge is 0.494 e. The standard InChI is InChI=1S/C17H26O2/c1-3-4-5-7-15(2)8-6-13-19-17-11-9-16(14-18)10-12-17/h9-12,14-15H,3-8,13H2,1-2H3. The first-order valence-corrected chi connectivity index (χ1v) is 7.44. The molecule has 0 saturated heterocycles. The molecule has 0 saturated carbocycles. The van der Waals surface area contributed by atoms with Crippen LogP contribution in [-0.4, -0.2) is 12.9 Å². The maximum absolute atomic E-state index is 10.5. The topological polar surface area (TPSA) is 26.3 Å². The molecule has 0 aromatic heterocycles. The Balaban J connectivity index is 2.10. The Kier molecular flexibility index (Phi) is 7.95. The van der Waals surface area contributed by atoms with Crippen molar-refractivity contribution in [2.75, 3.05) is 6.61 Å². The molecule has 106 valence electrons. The van der Waals surface area contributed by atoms with Crippen LogP contribution in [0, 0.1) is 5.92 Å². The zero-order valence-corrected chi connectivity index (χ0v) is 12.2. The summed E-state index contributed by atoms with van der Waals surface area (Å²) in [7, 11) is 0. The molecule has 0 radical (unpaired) electrons. The number of carbonyl (C=O) groups is 1. The van der Waals surface area contributed by atoms with E-state index in [9.17, 15) is 4.79 Å². The third-order valence-corrected chi connectivity index (χ3v) is 3.43. The molecule has 0 heterocycles. The van der Waals surface area contributed by atoms with Gasteiger partial charge in [-0.2, -0.15) is 0 Å². The smallest absolute Gasteiger partial charge is 0.150 e. The van der Waals surface area contributed by atoms with Crippen LogP contribution in [0.15, 0.2) is 24.3 Å². The van der Waals surface area contributed by atoms with Crippen molar-refractivity contribution in [1.82, 2.24) is 0 Å². The third-order valence-electron chi connectivity index (χ3n) is 3.43. The minimum atomic E-state index is 0.692. The molecule has 1 unspecified atom stereocenters. The number of rotatable bonds is 10. The van der Waals surface area contributed by atoms with Gasteiger partial charge >= 0.3 is 0 Å². The first-order valence-electron chi connectivity index (χ1n) is 7.44. The molecule has 1 rings (SSSR count). The van der Waals surface area contributed by atoms with E-state index in [1.54, 1.807) is 12.1 Å². The number of ether oxygens (including phenoxy) is 1. The van der Waals surface area contributed by atoms with Crippen LogP contribution in [0.2, 0.25) is 0 Å². The lowest BCUT2D eigenvalue weighted by atomic mass is 9.98. The number of unbranched alkanes of at least 4 members (excludes halogenated alkanes) is 2. The van der Waals surface area contributed by atoms with Crippen LogP contribution >= 0.6 is 0 Å². The second-order valence-electron chi connectivity index (χ2n) is 5.28. The average Bonchev–Trinajstić information content (AvgIpc) is 2.44. The lowest BCUT2D eigenvalue weighted by molar-refractivity contribution is 0.112. The molecule has 2 nitrogen and oxygen atoms in total. The molecule has 1 aromatic carbocycles. The van der Waals surface area contributed by atoms with Crippen molar-refractivity contribution in [3.8, 4) is 5.75 Å². The van der Waals surface area contributed by atoms with Gasteiger partial charge in [0.15, 0.2) is 0 Å². The molecule has 0 fully saturated rings. The van der Waals surface area contributed by atoms with Crippen LogP contribution < -0.4 is 4.74 Å². The monoisotopic (exact) mass is 262 g/mol. The molecule has 19 heavy (non-hydrogen) atoms. The summed E-state index contributed by atoms with van der Waals surface area (Å²) in [5.74, 6) is 1.65. The molecular weight excluding hydrogens is 236 g/mol. The number of hydrogen-bond acceptors (Lipinski definition) is 2. The second kappa shape index (κ2) is 9.60. The summed E-state index contributed by atoms with van der Waals surface area (Å²) in [4.78, 5) is 10.5. The fraction of sp³-hybridized carbons (Fsp3) is 0.588. The predicted molar refractivity (Wildman–Crippen MR) is 79.9 cm³/mol. The van der Waals surface area contributed by atoms with Gasteiger partial charge in [0.25, 0.3) is 0 Å². The summed E-state index contributed by atoms with van der Waals surface area (Å²) < 4.78 is 5.67. The minimum Gasteiger partial charge on any atom is -0.494 e. The predicted octanol–water partition coefficient (Wildman–Crippen LogP) is 4.87. The summed E-state index contributed by atoms with van der Waals surface area (Å²) in [6, 6.07) is 7.29. The second-order valence-corrected chi connectivity index (χ2v) is 5.28. The van der Waals surface area contributed by atoms with Gasteiger partial charge in [-0.25, -0.2) is 0 Å². The normalized spacial score (nSPS) is 12.1. The van der Waals surface area contributed by atoms with Crippen molar-refractivity contribution in [2.45, 2.75) is 52.4 Å². The van der Waals surface area contributed by atoms with Crippen LogP contribution in [0.4, 0.5) is 0 Å². The summed E-state index contributed by atoms with van der Waals surface area (Å²) in [6.45, 7) is 5.33. The zero-order valence-electron chi connectivity index (χ0n) is 12.2. The van der Waals surface area contributed by atoms with E-state index >= 15 is 0 Å². The number of benzene rings is 1. The fourth-order valence-corrected chi connectivity index (χ4v) is 2.15. The van der Waals surface area contributed by atoms with Crippen molar-refractivity contribution in [3.05, 3.63) is 29.8 Å². The van der Waals surface area contributed by atoms with Crippen molar-refractivity contribution >= 4 is 6.29 Å². The zero-order chi connectivity index (χ0) is 13.9. The first kappa shape index (κ1) is 15.7. The van der Waals surface area contributed by atoms with E-state index in [0.29, 0.717) is 5.56 Å². The fourth-order valence-electron chi connectivity index (χ4n) is 2.15. The van der Waals surface area contributed by atoms with Crippen LogP contribution in [0.3, 0.4) is 0 Å². The molecule has 0 amide bonds. The Morgan fingerprint density at radius 2 is 1.79 bits per heavy atom. The number of aldehydes is 1. The summed E-state index contributed by atoms with van der Waals surface area (Å²) in [5, 5.41) is 0. The van der Waals surface area contributed by atoms with Gasteiger partial charge in [0, 0.05) is 5.56 Å². The molecule has 2 heteroatoms. The highest BCUT2D eigenvalue weighted by atomic mass is 16.5. The Bertz CT molecular complexity index is 343. The van der Waals surface area contributed by atoms with Crippen LogP contribution in [0.25, 0.3) is 0 Å². The van der Waals surface area contributed by atoms with Gasteiger partial charge in [0.05, 0.1) is 6.61 Å². The van der Waals surface area contributed by atoms with Crippen LogP contribution in [0.5, 0.6) is 5.75 Å². The van der Waals surface area contributed by atoms with E-state index in [2.05, 4.69) is 13.8 Å². The molecule has 0 aliphatic rings. The van der Waals surface area contributed by atoms with Gasteiger partial charge in [-0.3, -0.25) is 4.79 Å². The van der Waals surface area contributed by atoms with Gasteiger partial charge in [-0.1, -0.05) is 39.5 Å². The highest BCUT2D eigenvalue weighted by Crippen LogP contribution is 2.16. The highest BCUT2D eigenvalue weighted by molar-refractivity contribution is 5.74. The molecule has 1 atom stereocenters. The van der Waals surface area contributed by atoms with Gasteiger partial charge in [0.2, 0.25) is 0 Å². The van der Waals surface area contributed by atoms with Gasteiger partial charge in [0.1, 0.15) is 12.0 Å². The molecule has 0 spiro atoms. The first-order chi connectivity index (χ1) is 9.26. The summed E-state index contributed by atoms with van der Waals surface area (Å²) in [6.07, 6.45) is 8.52. The van der Waals surface area contributed by atoms with E-state index in [1.165, 1.54) is 32.1 Å². The average molecular weight is 262 g/mol. The van der Waals surface area contributed by atoms with E-state index in [-0.39, 0.29) is 0 Å². The maximum Gasteiger partial charge on any atom is 0.150 e. The van der Waals surface area contributed by atoms with E-state index < -0.39 is 0 Å². The SMILES string of the molecule is CCCCCC(C)CCCOc1ccc(C=O)cc1. The Hall–Kier alpha value is -1.31. The van der Waals surface area contributed by atoms with Gasteiger partial charge in [-0.05, 0) is 43.0 Å². The minimum absolute atomic E-state index is 0.692. The van der Waals surface area contributed by atoms with Crippen molar-refractivity contribution in [1.29, 1.82) is 0 Å². The van der Waals surface area contributed by atoms with E-state index in [0.717, 1.165) is 31.0 Å². The van der Waals surface area contributed by atoms with Crippen LogP contribution in [0.1, 0.15) is 62.7 Å². The molecule has 1 aromatic rings. The van der Waals surface area contributed by atoms with Crippen LogP contribution in [-0.2, 0) is 0 Å². The Labute approximate surface area is 117 Å². The Morgan fingerprint density at radius 1 is 1.11 bits per heavy atom. The third kappa shape index (κ3) is 7.00. The number of carbonyl (C=O) groups excluding carboxylic acids is 1. The molecule has 0 bridgehead atoms. The summed E-state index contributed by atoms with van der Waals surface area (Å²) >= 11 is 0. The van der Waals surface area contributed by atoms with E-state index in [1.807, 2.05) is 12.1 Å². The number of hydrogen-bond donors (Lipinski definition) is 0. The quantitative estimate of drug-likeness (QED) is 0.444. The van der Waals surface area contributed by atoms with Gasteiger partial charge < -0.3 is 4.74 Å². The molecule has 0 N–H and O–H groups in total. The molecule has 0 aliphatic heterocycles. The lowest BCUT2D eigenvalue weighted by Gasteiger charge is -2.11. The summed E-state index contributed by atoms with van der Waals surface area (Å²) in [5.41, 5.74) is 0.692. The Morgan fingerprint density at radius 3 is 2.42 bits per heavy atom.